The van der Waals surface area contributed by atoms with Crippen LogP contribution < -0.4 is 10.3 Å². The molecule has 0 saturated heterocycles. The molecule has 0 amide bonds. The highest BCUT2D eigenvalue weighted by Crippen LogP contribution is 2.34. The molecule has 0 radical (unpaired) electrons. The molecule has 0 bridgehead atoms. The molecule has 1 saturated carbocycles. The molecule has 1 heterocycles. The lowest BCUT2D eigenvalue weighted by atomic mass is 9.80. The number of benzene rings is 1. The third-order valence-electron chi connectivity index (χ3n) is 6.12. The maximum absolute atomic E-state index is 12.4. The van der Waals surface area contributed by atoms with Gasteiger partial charge in [-0.05, 0) is 81.4 Å². The first-order valence-corrected chi connectivity index (χ1v) is 13.0. The summed E-state index contributed by atoms with van der Waals surface area (Å²) in [5.74, 6) is 1.50. The summed E-state index contributed by atoms with van der Waals surface area (Å²) >= 11 is 1.56. The van der Waals surface area contributed by atoms with Gasteiger partial charge in [-0.2, -0.15) is 4.83 Å². The molecule has 0 atom stereocenters. The van der Waals surface area contributed by atoms with Crippen molar-refractivity contribution >= 4 is 27.5 Å². The first-order valence-electron chi connectivity index (χ1n) is 10.4. The van der Waals surface area contributed by atoms with Gasteiger partial charge in [0.2, 0.25) is 0 Å². The number of hydrogen-bond acceptors (Lipinski definition) is 5. The number of rotatable bonds is 7. The molecule has 1 fully saturated rings. The van der Waals surface area contributed by atoms with Gasteiger partial charge in [-0.15, -0.1) is 0 Å². The summed E-state index contributed by atoms with van der Waals surface area (Å²) < 4.78 is 24.2. The molecule has 1 aliphatic heterocycles. The predicted molar refractivity (Wildman–Crippen MR) is 120 cm³/mol. The van der Waals surface area contributed by atoms with Crippen LogP contribution >= 0.6 is 11.9 Å². The highest BCUT2D eigenvalue weighted by molar-refractivity contribution is 8.00. The van der Waals surface area contributed by atoms with Gasteiger partial charge in [0.05, 0.1) is 16.2 Å². The SMILES string of the molecule is CC(C)(C)S(=O)(=O)CC1CCC(CCCc2ccc(C3=CSNN3)cc2)CC1. The van der Waals surface area contributed by atoms with Gasteiger partial charge in [-0.1, -0.05) is 43.5 Å². The van der Waals surface area contributed by atoms with Crippen LogP contribution in [0.25, 0.3) is 5.70 Å². The summed E-state index contributed by atoms with van der Waals surface area (Å²) in [5.41, 5.74) is 6.88. The number of hydrazine groups is 1. The zero-order valence-corrected chi connectivity index (χ0v) is 19.0. The van der Waals surface area contributed by atoms with Gasteiger partial charge in [0.25, 0.3) is 0 Å². The predicted octanol–water partition coefficient (Wildman–Crippen LogP) is 5.08. The normalized spacial score (nSPS) is 23.3. The van der Waals surface area contributed by atoms with E-state index in [0.29, 0.717) is 11.7 Å². The van der Waals surface area contributed by atoms with E-state index in [1.54, 1.807) is 11.9 Å². The van der Waals surface area contributed by atoms with Crippen LogP contribution in [-0.4, -0.2) is 18.9 Å². The first kappa shape index (κ1) is 21.7. The summed E-state index contributed by atoms with van der Waals surface area (Å²) in [5, 5.41) is 2.08. The van der Waals surface area contributed by atoms with Crippen LogP contribution in [0, 0.1) is 11.8 Å². The second-order valence-electron chi connectivity index (χ2n) is 9.25. The van der Waals surface area contributed by atoms with Crippen molar-refractivity contribution in [1.82, 2.24) is 10.3 Å². The summed E-state index contributed by atoms with van der Waals surface area (Å²) in [6.07, 6.45) is 8.12. The number of sulfone groups is 1. The summed E-state index contributed by atoms with van der Waals surface area (Å²) in [6, 6.07) is 8.83. The zero-order valence-electron chi connectivity index (χ0n) is 17.3. The molecule has 1 aromatic carbocycles. The lowest BCUT2D eigenvalue weighted by Gasteiger charge is -2.30. The quantitative estimate of drug-likeness (QED) is 0.600. The molecule has 156 valence electrons. The molecular formula is C22H34N2O2S2. The van der Waals surface area contributed by atoms with Crippen molar-refractivity contribution in [3.63, 3.8) is 0 Å². The summed E-state index contributed by atoms with van der Waals surface area (Å²) in [6.45, 7) is 5.45. The third kappa shape index (κ3) is 5.77. The average Bonchev–Trinajstić information content (AvgIpc) is 3.17. The monoisotopic (exact) mass is 422 g/mol. The Bertz CT molecular complexity index is 772. The van der Waals surface area contributed by atoms with E-state index in [-0.39, 0.29) is 0 Å². The zero-order chi connectivity index (χ0) is 20.2. The Hall–Kier alpha value is -0.980. The highest BCUT2D eigenvalue weighted by Gasteiger charge is 2.33. The fourth-order valence-corrected chi connectivity index (χ4v) is 6.03. The Labute approximate surface area is 175 Å². The van der Waals surface area contributed by atoms with E-state index in [4.69, 9.17) is 0 Å². The van der Waals surface area contributed by atoms with Gasteiger partial charge in [-0.25, -0.2) is 8.42 Å². The van der Waals surface area contributed by atoms with Gasteiger partial charge in [0, 0.05) is 5.41 Å². The number of hydrogen-bond donors (Lipinski definition) is 2. The minimum Gasteiger partial charge on any atom is -0.310 e. The molecule has 1 aromatic rings. The van der Waals surface area contributed by atoms with Crippen LogP contribution in [0.1, 0.15) is 70.4 Å². The number of aryl methyl sites for hydroxylation is 1. The second kappa shape index (κ2) is 9.23. The summed E-state index contributed by atoms with van der Waals surface area (Å²) in [7, 11) is -2.99. The van der Waals surface area contributed by atoms with Crippen LogP contribution in [0.2, 0.25) is 0 Å². The lowest BCUT2D eigenvalue weighted by molar-refractivity contribution is 0.274. The van der Waals surface area contributed by atoms with Crippen LogP contribution in [0.15, 0.2) is 29.7 Å². The fourth-order valence-electron chi connectivity index (χ4n) is 4.04. The highest BCUT2D eigenvalue weighted by atomic mass is 32.2. The van der Waals surface area contributed by atoms with E-state index in [1.807, 2.05) is 20.8 Å². The van der Waals surface area contributed by atoms with Crippen molar-refractivity contribution < 1.29 is 8.42 Å². The third-order valence-corrected chi connectivity index (χ3v) is 9.47. The Balaban J connectivity index is 1.38. The van der Waals surface area contributed by atoms with Crippen molar-refractivity contribution in [3.05, 3.63) is 40.8 Å². The maximum atomic E-state index is 12.4. The largest absolute Gasteiger partial charge is 0.310 e. The minimum atomic E-state index is -2.99. The smallest absolute Gasteiger partial charge is 0.155 e. The van der Waals surface area contributed by atoms with Crippen molar-refractivity contribution in [3.8, 4) is 0 Å². The van der Waals surface area contributed by atoms with E-state index < -0.39 is 14.6 Å². The van der Waals surface area contributed by atoms with Gasteiger partial charge in [0.1, 0.15) is 0 Å². The molecule has 28 heavy (non-hydrogen) atoms. The first-order chi connectivity index (χ1) is 13.2. The minimum absolute atomic E-state index is 0.360. The fraction of sp³-hybridized carbons (Fsp3) is 0.636. The van der Waals surface area contributed by atoms with E-state index >= 15 is 0 Å². The molecule has 1 aliphatic carbocycles. The van der Waals surface area contributed by atoms with Crippen LogP contribution in [0.5, 0.6) is 0 Å². The van der Waals surface area contributed by atoms with Crippen molar-refractivity contribution in [2.24, 2.45) is 11.8 Å². The molecule has 2 aliphatic rings. The van der Waals surface area contributed by atoms with Gasteiger partial charge < -0.3 is 5.43 Å². The van der Waals surface area contributed by atoms with E-state index in [2.05, 4.69) is 39.9 Å². The Morgan fingerprint density at radius 3 is 2.25 bits per heavy atom. The molecule has 0 aromatic heterocycles. The number of nitrogens with one attached hydrogen (secondary N) is 2. The molecule has 0 unspecified atom stereocenters. The van der Waals surface area contributed by atoms with Crippen molar-refractivity contribution in [2.75, 3.05) is 5.75 Å². The molecule has 0 spiro atoms. The van der Waals surface area contributed by atoms with Gasteiger partial charge in [0.15, 0.2) is 9.84 Å². The topological polar surface area (TPSA) is 58.2 Å². The van der Waals surface area contributed by atoms with E-state index in [0.717, 1.165) is 30.9 Å². The molecule has 3 rings (SSSR count). The molecular weight excluding hydrogens is 388 g/mol. The van der Waals surface area contributed by atoms with Crippen molar-refractivity contribution in [2.45, 2.75) is 70.5 Å². The van der Waals surface area contributed by atoms with Crippen molar-refractivity contribution in [1.29, 1.82) is 0 Å². The molecule has 2 N–H and O–H groups in total. The van der Waals surface area contributed by atoms with Gasteiger partial charge >= 0.3 is 0 Å². The molecule has 4 nitrogen and oxygen atoms in total. The van der Waals surface area contributed by atoms with Crippen LogP contribution in [0.4, 0.5) is 0 Å². The Kier molecular flexibility index (Phi) is 7.16. The standard InChI is InChI=1S/C22H34N2O2S2/c1-22(2,3)28(25,26)16-19-9-7-17(8-10-19)5-4-6-18-11-13-20(14-12-18)21-15-27-24-23-21/h11-15,17,19,23-24H,4-10,16H2,1-3H3. The Morgan fingerprint density at radius 2 is 1.68 bits per heavy atom. The lowest BCUT2D eigenvalue weighted by Crippen LogP contribution is -2.34. The van der Waals surface area contributed by atoms with E-state index in [9.17, 15) is 8.42 Å². The molecule has 6 heteroatoms. The van der Waals surface area contributed by atoms with Gasteiger partial charge in [-0.3, -0.25) is 0 Å². The van der Waals surface area contributed by atoms with Crippen LogP contribution in [0.3, 0.4) is 0 Å². The van der Waals surface area contributed by atoms with Crippen LogP contribution in [-0.2, 0) is 16.3 Å². The van der Waals surface area contributed by atoms with E-state index in [1.165, 1.54) is 36.8 Å². The Morgan fingerprint density at radius 1 is 1.04 bits per heavy atom. The maximum Gasteiger partial charge on any atom is 0.155 e. The average molecular weight is 423 g/mol. The second-order valence-corrected chi connectivity index (χ2v) is 12.7. The summed E-state index contributed by atoms with van der Waals surface area (Å²) in [4.78, 5) is 3.02.